The Kier molecular flexibility index (Phi) is 10.2. The topological polar surface area (TPSA) is 196 Å². The molecule has 0 fully saturated rings. The maximum atomic E-state index is 11.9. The molecule has 2 aromatic heterocycles. The van der Waals surface area contributed by atoms with Crippen LogP contribution in [0.2, 0.25) is 0 Å². The first kappa shape index (κ1) is 28.2. The summed E-state index contributed by atoms with van der Waals surface area (Å²) in [6, 6.07) is 0. The summed E-state index contributed by atoms with van der Waals surface area (Å²) in [6.45, 7) is 6.64. The fraction of sp³-hybridized carbons (Fsp3) is 0.632. The van der Waals surface area contributed by atoms with E-state index in [4.69, 9.17) is 33.9 Å². The van der Waals surface area contributed by atoms with Crippen molar-refractivity contribution in [2.24, 2.45) is 0 Å². The Morgan fingerprint density at radius 3 is 2.14 bits per heavy atom. The average Bonchev–Trinajstić information content (AvgIpc) is 3.13. The second kappa shape index (κ2) is 12.6. The van der Waals surface area contributed by atoms with Crippen molar-refractivity contribution in [3.8, 4) is 0 Å². The van der Waals surface area contributed by atoms with Crippen molar-refractivity contribution in [2.75, 3.05) is 18.9 Å². The fourth-order valence-electron chi connectivity index (χ4n) is 2.86. The lowest BCUT2D eigenvalue weighted by Crippen LogP contribution is -2.48. The first-order chi connectivity index (χ1) is 16.4. The Morgan fingerprint density at radius 1 is 1.06 bits per heavy atom. The van der Waals surface area contributed by atoms with Crippen molar-refractivity contribution in [3.05, 3.63) is 12.7 Å². The minimum absolute atomic E-state index is 0.108. The summed E-state index contributed by atoms with van der Waals surface area (Å²) < 4.78 is 44.1. The molecule has 0 aromatic carbocycles. The van der Waals surface area contributed by atoms with Crippen LogP contribution >= 0.6 is 8.25 Å². The molecule has 16 heteroatoms. The number of carbonyl (C=O) groups is 2. The summed E-state index contributed by atoms with van der Waals surface area (Å²) >= 11 is 0. The van der Waals surface area contributed by atoms with Crippen LogP contribution in [0.15, 0.2) is 12.7 Å². The number of rotatable bonds is 12. The molecule has 2 unspecified atom stereocenters. The van der Waals surface area contributed by atoms with Crippen molar-refractivity contribution in [1.82, 2.24) is 19.5 Å². The molecule has 0 aliphatic heterocycles. The second-order valence-corrected chi connectivity index (χ2v) is 8.68. The molecule has 0 aliphatic rings. The molecule has 196 valence electrons. The van der Waals surface area contributed by atoms with Gasteiger partial charge in [0.05, 0.1) is 31.2 Å². The molecule has 2 aromatic rings. The van der Waals surface area contributed by atoms with Gasteiger partial charge in [0.15, 0.2) is 24.7 Å². The van der Waals surface area contributed by atoms with E-state index in [1.54, 1.807) is 39.2 Å². The predicted octanol–water partition coefficient (Wildman–Crippen LogP) is 2.03. The molecular formula is C19H30N5O10P. The van der Waals surface area contributed by atoms with Gasteiger partial charge in [-0.05, 0) is 34.6 Å². The number of hydrogen-bond acceptors (Lipinski definition) is 13. The number of carbonyl (C=O) groups excluding carboxylic acids is 2. The van der Waals surface area contributed by atoms with Gasteiger partial charge in [-0.3, -0.25) is 9.09 Å². The first-order valence-corrected chi connectivity index (χ1v) is 11.8. The summed E-state index contributed by atoms with van der Waals surface area (Å²) in [5.41, 5.74) is 6.60. The predicted molar refractivity (Wildman–Crippen MR) is 120 cm³/mol. The smallest absolute Gasteiger partial charge is 0.432 e. The van der Waals surface area contributed by atoms with Crippen LogP contribution in [0.1, 0.15) is 34.6 Å². The number of nitrogen functional groups attached to an aromatic ring is 1. The van der Waals surface area contributed by atoms with Gasteiger partial charge in [0, 0.05) is 0 Å². The van der Waals surface area contributed by atoms with Crippen molar-refractivity contribution in [3.63, 3.8) is 0 Å². The molecule has 35 heavy (non-hydrogen) atoms. The lowest BCUT2D eigenvalue weighted by molar-refractivity contribution is -0.250. The summed E-state index contributed by atoms with van der Waals surface area (Å²) in [5, 5.41) is 0. The van der Waals surface area contributed by atoms with Gasteiger partial charge in [0.25, 0.3) is 0 Å². The molecule has 0 saturated heterocycles. The minimum atomic E-state index is -3.67. The molecule has 0 spiro atoms. The highest BCUT2D eigenvalue weighted by Gasteiger charge is 2.41. The number of hydrogen-bond donors (Lipinski definition) is 2. The average molecular weight is 519 g/mol. The highest BCUT2D eigenvalue weighted by atomic mass is 31.1. The monoisotopic (exact) mass is 519 g/mol. The number of anilines is 1. The molecule has 0 saturated carbocycles. The number of nitrogens with two attached hydrogens (primary N) is 1. The Labute approximate surface area is 201 Å². The number of aromatic nitrogens is 4. The van der Waals surface area contributed by atoms with Crippen LogP contribution < -0.4 is 5.73 Å². The molecule has 3 N–H and O–H groups in total. The highest BCUT2D eigenvalue weighted by Crippen LogP contribution is 2.30. The van der Waals surface area contributed by atoms with Gasteiger partial charge in [0.2, 0.25) is 5.79 Å². The van der Waals surface area contributed by atoms with Crippen LogP contribution in [0.5, 0.6) is 0 Å². The summed E-state index contributed by atoms with van der Waals surface area (Å²) in [4.78, 5) is 45.5. The van der Waals surface area contributed by atoms with E-state index < -0.39 is 57.9 Å². The van der Waals surface area contributed by atoms with Crippen molar-refractivity contribution in [1.29, 1.82) is 0 Å². The second-order valence-electron chi connectivity index (χ2n) is 7.95. The van der Waals surface area contributed by atoms with E-state index in [0.29, 0.717) is 11.2 Å². The Hall–Kier alpha value is -3.00. The molecule has 2 heterocycles. The van der Waals surface area contributed by atoms with Gasteiger partial charge in [-0.2, -0.15) is 0 Å². The molecular weight excluding hydrogens is 489 g/mol. The zero-order chi connectivity index (χ0) is 26.2. The summed E-state index contributed by atoms with van der Waals surface area (Å²) in [7, 11) is -3.67. The summed E-state index contributed by atoms with van der Waals surface area (Å²) in [6.07, 6.45) is -1.19. The van der Waals surface area contributed by atoms with Crippen LogP contribution in [-0.2, 0) is 39.3 Å². The molecule has 2 rings (SSSR count). The van der Waals surface area contributed by atoms with Crippen molar-refractivity contribution >= 4 is 37.5 Å². The lowest BCUT2D eigenvalue weighted by atomic mass is 10.3. The molecule has 0 radical (unpaired) electrons. The van der Waals surface area contributed by atoms with Gasteiger partial charge in [0.1, 0.15) is 11.8 Å². The van der Waals surface area contributed by atoms with Gasteiger partial charge in [-0.25, -0.2) is 24.5 Å². The Morgan fingerprint density at radius 2 is 1.63 bits per heavy atom. The van der Waals surface area contributed by atoms with E-state index in [9.17, 15) is 19.0 Å². The van der Waals surface area contributed by atoms with E-state index in [2.05, 4.69) is 15.0 Å². The van der Waals surface area contributed by atoms with E-state index in [0.717, 1.165) is 0 Å². The lowest BCUT2D eigenvalue weighted by Gasteiger charge is -2.33. The van der Waals surface area contributed by atoms with Gasteiger partial charge in [-0.15, -0.1) is 0 Å². The van der Waals surface area contributed by atoms with E-state index >= 15 is 0 Å². The number of fused-ring (bicyclic) bond motifs is 1. The quantitative estimate of drug-likeness (QED) is 0.235. The molecule has 0 amide bonds. The molecule has 2 atom stereocenters. The molecule has 15 nitrogen and oxygen atoms in total. The first-order valence-electron chi connectivity index (χ1n) is 10.6. The zero-order valence-electron chi connectivity index (χ0n) is 20.0. The summed E-state index contributed by atoms with van der Waals surface area (Å²) in [5.74, 6) is -1.98. The fourth-order valence-corrected chi connectivity index (χ4v) is 3.34. The van der Waals surface area contributed by atoms with E-state index in [-0.39, 0.29) is 12.4 Å². The van der Waals surface area contributed by atoms with E-state index in [1.807, 2.05) is 0 Å². The number of ether oxygens (including phenoxy) is 5. The number of imidazole rings is 1. The van der Waals surface area contributed by atoms with Crippen LogP contribution in [-0.4, -0.2) is 74.0 Å². The zero-order valence-corrected chi connectivity index (χ0v) is 21.0. The molecule has 0 bridgehead atoms. The van der Waals surface area contributed by atoms with Gasteiger partial charge < -0.3 is 38.9 Å². The van der Waals surface area contributed by atoms with Gasteiger partial charge in [-0.1, -0.05) is 0 Å². The van der Waals surface area contributed by atoms with Crippen LogP contribution in [0, 0.1) is 0 Å². The van der Waals surface area contributed by atoms with Crippen LogP contribution in [0.3, 0.4) is 0 Å². The highest BCUT2D eigenvalue weighted by molar-refractivity contribution is 7.32. The van der Waals surface area contributed by atoms with Crippen molar-refractivity contribution in [2.45, 2.75) is 65.3 Å². The standard InChI is InChI=1S/C19H30N5O10P/c1-11(2)31-17(25)29-7-19(34-35(27)28,8-30-18(26)32-12(3)4)33-13(5)6-24-10-23-14-15(20)21-9-22-16(14)24/h9-13,35H,6-8H2,1-5H3,(H,27,28)(H2,20,21,22). The normalized spacial score (nSPS) is 13.6. The third kappa shape index (κ3) is 8.94. The Bertz CT molecular complexity index is 1000. The van der Waals surface area contributed by atoms with Crippen molar-refractivity contribution < 1.29 is 47.3 Å². The maximum Gasteiger partial charge on any atom is 0.508 e. The van der Waals surface area contributed by atoms with Crippen LogP contribution in [0.25, 0.3) is 11.2 Å². The van der Waals surface area contributed by atoms with E-state index in [1.165, 1.54) is 12.7 Å². The third-order valence-electron chi connectivity index (χ3n) is 4.06. The van der Waals surface area contributed by atoms with Gasteiger partial charge >= 0.3 is 20.6 Å². The Balaban J connectivity index is 2.25. The number of nitrogens with zero attached hydrogens (tertiary/aromatic N) is 4. The minimum Gasteiger partial charge on any atom is -0.432 e. The third-order valence-corrected chi connectivity index (χ3v) is 4.60. The maximum absolute atomic E-state index is 11.9. The largest absolute Gasteiger partial charge is 0.508 e. The molecule has 0 aliphatic carbocycles. The SMILES string of the molecule is CC(C)OC(=O)OCC(COC(=O)OC(C)C)(OC(C)Cn1cnc2c(N)ncnc21)O[PH](=O)O. The van der Waals surface area contributed by atoms with Crippen LogP contribution in [0.4, 0.5) is 15.4 Å².